The van der Waals surface area contributed by atoms with Crippen molar-refractivity contribution in [2.24, 2.45) is 5.10 Å². The van der Waals surface area contributed by atoms with Gasteiger partial charge in [0.05, 0.1) is 11.1 Å². The Labute approximate surface area is 147 Å². The van der Waals surface area contributed by atoms with E-state index < -0.39 is 6.61 Å². The van der Waals surface area contributed by atoms with Gasteiger partial charge in [-0.1, -0.05) is 12.1 Å². The van der Waals surface area contributed by atoms with Crippen molar-refractivity contribution in [3.8, 4) is 5.75 Å². The predicted molar refractivity (Wildman–Crippen MR) is 95.8 cm³/mol. The monoisotopic (exact) mass is 362 g/mol. The van der Waals surface area contributed by atoms with Gasteiger partial charge in [-0.15, -0.1) is 11.3 Å². The van der Waals surface area contributed by atoms with Gasteiger partial charge in [-0.25, -0.2) is 9.97 Å². The number of anilines is 1. The molecule has 0 fully saturated rings. The molecule has 1 N–H and O–H groups in total. The number of hydrogen-bond donors (Lipinski definition) is 1. The first-order valence-electron chi connectivity index (χ1n) is 7.52. The first-order valence-corrected chi connectivity index (χ1v) is 8.34. The van der Waals surface area contributed by atoms with E-state index in [9.17, 15) is 8.78 Å². The summed E-state index contributed by atoms with van der Waals surface area (Å²) in [6.45, 7) is 2.85. The zero-order valence-corrected chi connectivity index (χ0v) is 14.7. The number of halogens is 2. The molecule has 0 amide bonds. The summed E-state index contributed by atoms with van der Waals surface area (Å²) in [6.07, 6.45) is 1.47. The van der Waals surface area contributed by atoms with E-state index in [1.807, 2.05) is 13.8 Å². The zero-order valence-electron chi connectivity index (χ0n) is 13.9. The van der Waals surface area contributed by atoms with Crippen molar-refractivity contribution in [3.63, 3.8) is 0 Å². The van der Waals surface area contributed by atoms with Crippen LogP contribution in [-0.4, -0.2) is 22.3 Å². The Balaban J connectivity index is 1.93. The van der Waals surface area contributed by atoms with E-state index in [0.717, 1.165) is 20.7 Å². The number of thiophene rings is 1. The number of rotatable bonds is 5. The van der Waals surface area contributed by atoms with E-state index in [1.165, 1.54) is 12.4 Å². The molecule has 2 aromatic heterocycles. The number of ether oxygens (including phenoxy) is 1. The summed E-state index contributed by atoms with van der Waals surface area (Å²) in [6, 6.07) is 6.53. The summed E-state index contributed by atoms with van der Waals surface area (Å²) in [4.78, 5) is 10.6. The summed E-state index contributed by atoms with van der Waals surface area (Å²) >= 11 is 1.59. The second kappa shape index (κ2) is 7.10. The highest BCUT2D eigenvalue weighted by molar-refractivity contribution is 7.18. The highest BCUT2D eigenvalue weighted by Crippen LogP contribution is 2.32. The third-order valence-corrected chi connectivity index (χ3v) is 4.90. The number of hydrazone groups is 1. The number of nitrogens with one attached hydrogen (secondary N) is 1. The standard InChI is InChI=1S/C17H16F2N4OS/c1-9-11(3)25-16-14(9)15(20-8-21-16)23-22-10(2)12-6-4-5-7-13(12)24-17(18)19/h4-8,17H,1-3H3,(H,20,21,23)/b22-10+. The van der Waals surface area contributed by atoms with E-state index in [1.54, 1.807) is 36.5 Å². The van der Waals surface area contributed by atoms with Crippen LogP contribution in [-0.2, 0) is 0 Å². The molecule has 0 spiro atoms. The Morgan fingerprint density at radius 1 is 1.24 bits per heavy atom. The van der Waals surface area contributed by atoms with Crippen molar-refractivity contribution in [3.05, 3.63) is 46.6 Å². The molecule has 0 radical (unpaired) electrons. The van der Waals surface area contributed by atoms with E-state index in [0.29, 0.717) is 17.1 Å². The number of fused-ring (bicyclic) bond motifs is 1. The van der Waals surface area contributed by atoms with Crippen molar-refractivity contribution in [2.45, 2.75) is 27.4 Å². The van der Waals surface area contributed by atoms with Gasteiger partial charge in [0.1, 0.15) is 16.9 Å². The SMILES string of the molecule is C/C(=N\Nc1ncnc2sc(C)c(C)c12)c1ccccc1OC(F)F. The van der Waals surface area contributed by atoms with Gasteiger partial charge in [-0.05, 0) is 38.5 Å². The average Bonchev–Trinajstić information content (AvgIpc) is 2.87. The molecule has 130 valence electrons. The number of aryl methyl sites for hydroxylation is 2. The Morgan fingerprint density at radius 2 is 2.00 bits per heavy atom. The van der Waals surface area contributed by atoms with E-state index in [-0.39, 0.29) is 5.75 Å². The molecule has 0 saturated carbocycles. The van der Waals surface area contributed by atoms with Crippen LogP contribution >= 0.6 is 11.3 Å². The number of nitrogens with zero attached hydrogens (tertiary/aromatic N) is 3. The van der Waals surface area contributed by atoms with Crippen LogP contribution in [0.3, 0.4) is 0 Å². The summed E-state index contributed by atoms with van der Waals surface area (Å²) in [5.41, 5.74) is 5.01. The molecular weight excluding hydrogens is 346 g/mol. The minimum Gasteiger partial charge on any atom is -0.434 e. The molecule has 3 rings (SSSR count). The quantitative estimate of drug-likeness (QED) is 0.526. The highest BCUT2D eigenvalue weighted by atomic mass is 32.1. The fourth-order valence-corrected chi connectivity index (χ4v) is 3.43. The van der Waals surface area contributed by atoms with Gasteiger partial charge in [-0.2, -0.15) is 13.9 Å². The molecule has 1 aromatic carbocycles. The molecule has 0 aliphatic heterocycles. The maximum Gasteiger partial charge on any atom is 0.387 e. The lowest BCUT2D eigenvalue weighted by atomic mass is 10.1. The topological polar surface area (TPSA) is 59.4 Å². The largest absolute Gasteiger partial charge is 0.434 e. The molecule has 3 aromatic rings. The molecule has 0 saturated heterocycles. The van der Waals surface area contributed by atoms with Crippen LogP contribution in [0.2, 0.25) is 0 Å². The first-order chi connectivity index (χ1) is 12.0. The van der Waals surface area contributed by atoms with Gasteiger partial charge in [0, 0.05) is 10.4 Å². The van der Waals surface area contributed by atoms with Gasteiger partial charge in [0.25, 0.3) is 0 Å². The summed E-state index contributed by atoms with van der Waals surface area (Å²) in [5.74, 6) is 0.661. The van der Waals surface area contributed by atoms with E-state index >= 15 is 0 Å². The number of aromatic nitrogens is 2. The fraction of sp³-hybridized carbons (Fsp3) is 0.235. The summed E-state index contributed by atoms with van der Waals surface area (Å²) in [7, 11) is 0. The van der Waals surface area contributed by atoms with Crippen molar-refractivity contribution < 1.29 is 13.5 Å². The van der Waals surface area contributed by atoms with Crippen molar-refractivity contribution in [1.29, 1.82) is 0 Å². The lowest BCUT2D eigenvalue weighted by molar-refractivity contribution is -0.0499. The van der Waals surface area contributed by atoms with Crippen molar-refractivity contribution in [1.82, 2.24) is 9.97 Å². The van der Waals surface area contributed by atoms with Crippen LogP contribution in [0.4, 0.5) is 14.6 Å². The Hall–Kier alpha value is -2.61. The zero-order chi connectivity index (χ0) is 18.0. The maximum absolute atomic E-state index is 12.5. The average molecular weight is 362 g/mol. The minimum atomic E-state index is -2.89. The van der Waals surface area contributed by atoms with Gasteiger partial charge in [0.2, 0.25) is 0 Å². The summed E-state index contributed by atoms with van der Waals surface area (Å²) in [5, 5.41) is 5.20. The fourth-order valence-electron chi connectivity index (χ4n) is 2.43. The van der Waals surface area contributed by atoms with E-state index in [4.69, 9.17) is 0 Å². The second-order valence-corrected chi connectivity index (χ2v) is 6.57. The molecule has 2 heterocycles. The van der Waals surface area contributed by atoms with Gasteiger partial charge in [0.15, 0.2) is 5.82 Å². The summed E-state index contributed by atoms with van der Waals surface area (Å²) < 4.78 is 29.6. The van der Waals surface area contributed by atoms with Crippen LogP contribution in [0.5, 0.6) is 5.75 Å². The number of hydrogen-bond acceptors (Lipinski definition) is 6. The van der Waals surface area contributed by atoms with Crippen LogP contribution in [0.1, 0.15) is 22.9 Å². The third-order valence-electron chi connectivity index (χ3n) is 3.79. The van der Waals surface area contributed by atoms with Crippen LogP contribution in [0, 0.1) is 13.8 Å². The molecule has 5 nitrogen and oxygen atoms in total. The molecular formula is C17H16F2N4OS. The Bertz CT molecular complexity index is 940. The van der Waals surface area contributed by atoms with Gasteiger partial charge < -0.3 is 4.74 Å². The molecule has 8 heteroatoms. The van der Waals surface area contributed by atoms with E-state index in [2.05, 4.69) is 25.2 Å². The lowest BCUT2D eigenvalue weighted by Gasteiger charge is -2.10. The van der Waals surface area contributed by atoms with Crippen molar-refractivity contribution >= 4 is 33.1 Å². The lowest BCUT2D eigenvalue weighted by Crippen LogP contribution is -2.08. The Kier molecular flexibility index (Phi) is 4.89. The number of para-hydroxylation sites is 1. The van der Waals surface area contributed by atoms with Crippen LogP contribution < -0.4 is 10.2 Å². The first kappa shape index (κ1) is 17.2. The normalized spacial score (nSPS) is 12.0. The smallest absolute Gasteiger partial charge is 0.387 e. The molecule has 0 aliphatic rings. The Morgan fingerprint density at radius 3 is 2.76 bits per heavy atom. The molecule has 0 unspecified atom stereocenters. The van der Waals surface area contributed by atoms with Crippen LogP contribution in [0.15, 0.2) is 35.7 Å². The maximum atomic E-state index is 12.5. The highest BCUT2D eigenvalue weighted by Gasteiger charge is 2.13. The van der Waals surface area contributed by atoms with Crippen LogP contribution in [0.25, 0.3) is 10.2 Å². The van der Waals surface area contributed by atoms with Gasteiger partial charge >= 0.3 is 6.61 Å². The predicted octanol–water partition coefficient (Wildman–Crippen LogP) is 4.75. The number of alkyl halides is 2. The number of benzene rings is 1. The molecule has 0 bridgehead atoms. The minimum absolute atomic E-state index is 0.0796. The molecule has 25 heavy (non-hydrogen) atoms. The second-order valence-electron chi connectivity index (χ2n) is 5.37. The molecule has 0 aliphatic carbocycles. The third kappa shape index (κ3) is 3.58. The van der Waals surface area contributed by atoms with Gasteiger partial charge in [-0.3, -0.25) is 5.43 Å². The van der Waals surface area contributed by atoms with Crippen molar-refractivity contribution in [2.75, 3.05) is 5.43 Å². The molecule has 0 atom stereocenters.